The third-order valence-corrected chi connectivity index (χ3v) is 3.91. The summed E-state index contributed by atoms with van der Waals surface area (Å²) in [6.45, 7) is 2.55. The number of aryl methyl sites for hydroxylation is 1. The molecule has 0 radical (unpaired) electrons. The largest absolute Gasteiger partial charge is 0.508 e. The summed E-state index contributed by atoms with van der Waals surface area (Å²) in [6.07, 6.45) is 1.86. The minimum absolute atomic E-state index is 0.239. The second kappa shape index (κ2) is 4.84. The number of phenols is 1. The Kier molecular flexibility index (Phi) is 2.82. The monoisotopic (exact) mass is 289 g/mol. The normalized spacial score (nSPS) is 13.0. The smallest absolute Gasteiger partial charge is 0.135 e. The number of benzene rings is 2. The van der Waals surface area contributed by atoms with E-state index in [1.54, 1.807) is 12.1 Å². The van der Waals surface area contributed by atoms with Crippen molar-refractivity contribution in [3.63, 3.8) is 0 Å². The Bertz CT molecular complexity index is 879. The van der Waals surface area contributed by atoms with Crippen LogP contribution in [-0.2, 0) is 6.54 Å². The van der Waals surface area contributed by atoms with Crippen molar-refractivity contribution in [3.8, 4) is 11.4 Å². The van der Waals surface area contributed by atoms with E-state index < -0.39 is 0 Å². The van der Waals surface area contributed by atoms with Crippen LogP contribution in [-0.4, -0.2) is 20.4 Å². The first-order valence-electron chi connectivity index (χ1n) is 7.21. The topological polar surface area (TPSA) is 50.4 Å². The van der Waals surface area contributed by atoms with Crippen LogP contribution in [0.3, 0.4) is 0 Å². The summed E-state index contributed by atoms with van der Waals surface area (Å²) < 4.78 is 2.11. The van der Waals surface area contributed by atoms with Crippen LogP contribution in [0.5, 0.6) is 5.75 Å². The Hall–Kier alpha value is -2.88. The molecule has 1 aliphatic rings. The van der Waals surface area contributed by atoms with E-state index in [0.717, 1.165) is 34.0 Å². The molecule has 0 saturated carbocycles. The van der Waals surface area contributed by atoms with Crippen LogP contribution in [0.25, 0.3) is 5.69 Å². The fourth-order valence-electron chi connectivity index (χ4n) is 2.91. The van der Waals surface area contributed by atoms with Gasteiger partial charge in [0.2, 0.25) is 0 Å². The minimum Gasteiger partial charge on any atom is -0.508 e. The number of phenolic OH excluding ortho intramolecular Hbond substituents is 1. The van der Waals surface area contributed by atoms with E-state index in [2.05, 4.69) is 9.55 Å². The van der Waals surface area contributed by atoms with Crippen molar-refractivity contribution in [2.45, 2.75) is 13.5 Å². The molecule has 0 amide bonds. The Morgan fingerprint density at radius 2 is 1.91 bits per heavy atom. The molecule has 0 unspecified atom stereocenters. The van der Waals surface area contributed by atoms with Gasteiger partial charge in [0.05, 0.1) is 17.9 Å². The molecule has 108 valence electrons. The molecule has 4 heteroatoms. The average Bonchev–Trinajstić information content (AvgIpc) is 2.82. The van der Waals surface area contributed by atoms with Gasteiger partial charge in [-0.25, -0.2) is 4.98 Å². The molecule has 0 bridgehead atoms. The van der Waals surface area contributed by atoms with Crippen molar-refractivity contribution < 1.29 is 5.11 Å². The molecular weight excluding hydrogens is 274 g/mol. The summed E-state index contributed by atoms with van der Waals surface area (Å²) in [5.74, 6) is 1.15. The van der Waals surface area contributed by atoms with Crippen LogP contribution in [0, 0.1) is 6.92 Å². The summed E-state index contributed by atoms with van der Waals surface area (Å²) in [7, 11) is 0. The Balaban J connectivity index is 2.01. The van der Waals surface area contributed by atoms with E-state index in [4.69, 9.17) is 4.99 Å². The average molecular weight is 289 g/mol. The fourth-order valence-corrected chi connectivity index (χ4v) is 2.91. The number of aliphatic imine (C=N–C) groups is 1. The summed E-state index contributed by atoms with van der Waals surface area (Å²) in [5.41, 5.74) is 4.91. The summed E-state index contributed by atoms with van der Waals surface area (Å²) in [4.78, 5) is 9.21. The number of rotatable bonds is 1. The van der Waals surface area contributed by atoms with E-state index in [0.29, 0.717) is 6.54 Å². The Morgan fingerprint density at radius 3 is 2.73 bits per heavy atom. The molecule has 0 aliphatic carbocycles. The van der Waals surface area contributed by atoms with Crippen molar-refractivity contribution in [1.82, 2.24) is 9.55 Å². The molecule has 2 heterocycles. The molecule has 3 aromatic rings. The summed E-state index contributed by atoms with van der Waals surface area (Å²) in [6, 6.07) is 15.4. The van der Waals surface area contributed by atoms with Gasteiger partial charge in [-0.2, -0.15) is 0 Å². The molecule has 4 rings (SSSR count). The third-order valence-electron chi connectivity index (χ3n) is 3.91. The second-order valence-electron chi connectivity index (χ2n) is 5.38. The zero-order valence-corrected chi connectivity index (χ0v) is 12.2. The maximum absolute atomic E-state index is 9.93. The van der Waals surface area contributed by atoms with Gasteiger partial charge in [-0.15, -0.1) is 0 Å². The zero-order chi connectivity index (χ0) is 15.1. The highest BCUT2D eigenvalue weighted by Gasteiger charge is 2.20. The van der Waals surface area contributed by atoms with Gasteiger partial charge in [0, 0.05) is 23.0 Å². The van der Waals surface area contributed by atoms with Gasteiger partial charge in [-0.05, 0) is 25.1 Å². The summed E-state index contributed by atoms with van der Waals surface area (Å²) >= 11 is 0. The molecular formula is C18H15N3O. The maximum atomic E-state index is 9.93. The molecule has 1 aliphatic heterocycles. The van der Waals surface area contributed by atoms with Crippen LogP contribution >= 0.6 is 0 Å². The van der Waals surface area contributed by atoms with Crippen LogP contribution in [0.15, 0.2) is 59.7 Å². The molecule has 1 aromatic heterocycles. The summed E-state index contributed by atoms with van der Waals surface area (Å²) in [5, 5.41) is 9.93. The number of aromatic hydroxyl groups is 1. The second-order valence-corrected chi connectivity index (χ2v) is 5.38. The first-order valence-corrected chi connectivity index (χ1v) is 7.21. The molecule has 1 N–H and O–H groups in total. The highest BCUT2D eigenvalue weighted by atomic mass is 16.3. The van der Waals surface area contributed by atoms with E-state index in [9.17, 15) is 5.11 Å². The van der Waals surface area contributed by atoms with Gasteiger partial charge in [-0.1, -0.05) is 30.3 Å². The lowest BCUT2D eigenvalue weighted by molar-refractivity contribution is 0.475. The number of aromatic nitrogens is 2. The van der Waals surface area contributed by atoms with E-state index in [1.165, 1.54) is 0 Å². The van der Waals surface area contributed by atoms with Gasteiger partial charge in [-0.3, -0.25) is 9.56 Å². The van der Waals surface area contributed by atoms with E-state index in [1.807, 2.05) is 49.5 Å². The quantitative estimate of drug-likeness (QED) is 0.747. The SMILES string of the molecule is Cc1cnc2n1-c1ccc(O)cc1C(c1ccccc1)=NC2. The van der Waals surface area contributed by atoms with Gasteiger partial charge in [0.1, 0.15) is 11.6 Å². The molecule has 0 atom stereocenters. The van der Waals surface area contributed by atoms with Crippen molar-refractivity contribution in [2.24, 2.45) is 4.99 Å². The molecule has 0 spiro atoms. The number of hydrogen-bond donors (Lipinski definition) is 1. The van der Waals surface area contributed by atoms with Gasteiger partial charge >= 0.3 is 0 Å². The van der Waals surface area contributed by atoms with Gasteiger partial charge < -0.3 is 5.11 Å². The van der Waals surface area contributed by atoms with Gasteiger partial charge in [0.25, 0.3) is 0 Å². The Labute approximate surface area is 128 Å². The van der Waals surface area contributed by atoms with Gasteiger partial charge in [0.15, 0.2) is 0 Å². The van der Waals surface area contributed by atoms with Crippen molar-refractivity contribution in [1.29, 1.82) is 0 Å². The predicted octanol–water partition coefficient (Wildman–Crippen LogP) is 3.24. The predicted molar refractivity (Wildman–Crippen MR) is 85.8 cm³/mol. The van der Waals surface area contributed by atoms with Crippen LogP contribution < -0.4 is 0 Å². The molecule has 0 fully saturated rings. The minimum atomic E-state index is 0.239. The van der Waals surface area contributed by atoms with E-state index >= 15 is 0 Å². The highest BCUT2D eigenvalue weighted by molar-refractivity contribution is 6.15. The van der Waals surface area contributed by atoms with Crippen molar-refractivity contribution in [3.05, 3.63) is 77.4 Å². The molecule has 2 aromatic carbocycles. The van der Waals surface area contributed by atoms with E-state index in [-0.39, 0.29) is 5.75 Å². The molecule has 4 nitrogen and oxygen atoms in total. The highest BCUT2D eigenvalue weighted by Crippen LogP contribution is 2.28. The Morgan fingerprint density at radius 1 is 1.09 bits per heavy atom. The van der Waals surface area contributed by atoms with Crippen LogP contribution in [0.1, 0.15) is 22.6 Å². The molecule has 22 heavy (non-hydrogen) atoms. The number of nitrogens with zero attached hydrogens (tertiary/aromatic N) is 3. The van der Waals surface area contributed by atoms with Crippen molar-refractivity contribution >= 4 is 5.71 Å². The maximum Gasteiger partial charge on any atom is 0.135 e. The number of fused-ring (bicyclic) bond motifs is 3. The van der Waals surface area contributed by atoms with Crippen molar-refractivity contribution in [2.75, 3.05) is 0 Å². The first-order chi connectivity index (χ1) is 10.7. The molecule has 0 saturated heterocycles. The zero-order valence-electron chi connectivity index (χ0n) is 12.2. The first kappa shape index (κ1) is 12.8. The lowest BCUT2D eigenvalue weighted by Crippen LogP contribution is -2.07. The fraction of sp³-hybridized carbons (Fsp3) is 0.111. The number of imidazole rings is 1. The lowest BCUT2D eigenvalue weighted by atomic mass is 10.00. The van der Waals surface area contributed by atoms with Crippen LogP contribution in [0.4, 0.5) is 0 Å². The third kappa shape index (κ3) is 1.92. The van der Waals surface area contributed by atoms with Crippen LogP contribution in [0.2, 0.25) is 0 Å². The lowest BCUT2D eigenvalue weighted by Gasteiger charge is -2.13. The number of hydrogen-bond acceptors (Lipinski definition) is 3. The standard InChI is InChI=1S/C18H15N3O/c1-12-10-19-17-11-20-18(13-5-3-2-4-6-13)15-9-14(22)7-8-16(15)21(12)17/h2-10,22H,11H2,1H3.